The second-order valence-electron chi connectivity index (χ2n) is 3.94. The van der Waals surface area contributed by atoms with Gasteiger partial charge < -0.3 is 14.6 Å². The van der Waals surface area contributed by atoms with E-state index in [4.69, 9.17) is 9.47 Å². The van der Waals surface area contributed by atoms with Gasteiger partial charge in [-0.1, -0.05) is 6.92 Å². The highest BCUT2D eigenvalue weighted by Gasteiger charge is 2.19. The minimum absolute atomic E-state index is 0.272. The van der Waals surface area contributed by atoms with Gasteiger partial charge in [-0.15, -0.1) is 0 Å². The lowest BCUT2D eigenvalue weighted by Crippen LogP contribution is -2.31. The first-order valence-corrected chi connectivity index (χ1v) is 5.96. The van der Waals surface area contributed by atoms with Crippen molar-refractivity contribution < 1.29 is 14.6 Å². The predicted molar refractivity (Wildman–Crippen MR) is 67.1 cm³/mol. The molecule has 0 bridgehead atoms. The van der Waals surface area contributed by atoms with Gasteiger partial charge in [0.25, 0.3) is 0 Å². The van der Waals surface area contributed by atoms with Gasteiger partial charge in [0, 0.05) is 0 Å². The van der Waals surface area contributed by atoms with Crippen LogP contribution in [0.1, 0.15) is 20.3 Å². The second kappa shape index (κ2) is 5.55. The molecule has 1 unspecified atom stereocenters. The Balaban J connectivity index is 2.68. The zero-order valence-corrected chi connectivity index (χ0v) is 11.4. The summed E-state index contributed by atoms with van der Waals surface area (Å²) < 4.78 is 11.4. The molecule has 90 valence electrons. The van der Waals surface area contributed by atoms with Gasteiger partial charge in [-0.25, -0.2) is 0 Å². The summed E-state index contributed by atoms with van der Waals surface area (Å²) in [5.74, 6) is 1.47. The molecule has 1 aromatic rings. The molecule has 0 aliphatic rings. The standard InChI is InChI=1S/C12H17BrO3/c1-4-12(2,14)8-16-11-6-5-9(15-3)7-10(11)13/h5-7,14H,4,8H2,1-3H3. The highest BCUT2D eigenvalue weighted by molar-refractivity contribution is 9.10. The van der Waals surface area contributed by atoms with E-state index in [0.29, 0.717) is 12.2 Å². The zero-order chi connectivity index (χ0) is 12.2. The topological polar surface area (TPSA) is 38.7 Å². The van der Waals surface area contributed by atoms with Gasteiger partial charge in [0.2, 0.25) is 0 Å². The zero-order valence-electron chi connectivity index (χ0n) is 9.79. The van der Waals surface area contributed by atoms with Gasteiger partial charge in [0.15, 0.2) is 0 Å². The minimum Gasteiger partial charge on any atom is -0.497 e. The van der Waals surface area contributed by atoms with Crippen molar-refractivity contribution >= 4 is 15.9 Å². The summed E-state index contributed by atoms with van der Waals surface area (Å²) in [6.07, 6.45) is 0.654. The summed E-state index contributed by atoms with van der Waals surface area (Å²) in [6.45, 7) is 3.95. The molecule has 0 spiro atoms. The number of aliphatic hydroxyl groups is 1. The van der Waals surface area contributed by atoms with Crippen LogP contribution < -0.4 is 9.47 Å². The van der Waals surface area contributed by atoms with E-state index in [2.05, 4.69) is 15.9 Å². The molecule has 1 N–H and O–H groups in total. The monoisotopic (exact) mass is 288 g/mol. The molecule has 0 radical (unpaired) electrons. The van der Waals surface area contributed by atoms with Gasteiger partial charge in [-0.2, -0.15) is 0 Å². The molecule has 0 fully saturated rings. The van der Waals surface area contributed by atoms with Crippen molar-refractivity contribution in [1.82, 2.24) is 0 Å². The molecule has 4 heteroatoms. The van der Waals surface area contributed by atoms with Gasteiger partial charge in [0.1, 0.15) is 18.1 Å². The Bertz CT molecular complexity index is 350. The Morgan fingerprint density at radius 2 is 2.12 bits per heavy atom. The number of ether oxygens (including phenoxy) is 2. The molecule has 16 heavy (non-hydrogen) atoms. The Labute approximate surface area is 105 Å². The minimum atomic E-state index is -0.792. The lowest BCUT2D eigenvalue weighted by Gasteiger charge is -2.21. The fourth-order valence-corrected chi connectivity index (χ4v) is 1.53. The van der Waals surface area contributed by atoms with Crippen LogP contribution in [-0.4, -0.2) is 24.4 Å². The Morgan fingerprint density at radius 1 is 1.44 bits per heavy atom. The summed E-state index contributed by atoms with van der Waals surface area (Å²) in [6, 6.07) is 5.46. The van der Waals surface area contributed by atoms with Crippen LogP contribution in [-0.2, 0) is 0 Å². The fourth-order valence-electron chi connectivity index (χ4n) is 1.06. The number of benzene rings is 1. The van der Waals surface area contributed by atoms with Crippen LogP contribution in [0.4, 0.5) is 0 Å². The number of rotatable bonds is 5. The third-order valence-corrected chi connectivity index (χ3v) is 3.06. The van der Waals surface area contributed by atoms with E-state index in [9.17, 15) is 5.11 Å². The van der Waals surface area contributed by atoms with Crippen molar-refractivity contribution in [2.45, 2.75) is 25.9 Å². The van der Waals surface area contributed by atoms with Gasteiger partial charge in [0.05, 0.1) is 17.2 Å². The maximum atomic E-state index is 9.81. The molecule has 0 aliphatic carbocycles. The molecule has 0 saturated carbocycles. The highest BCUT2D eigenvalue weighted by Crippen LogP contribution is 2.29. The van der Waals surface area contributed by atoms with Crippen molar-refractivity contribution in [1.29, 1.82) is 0 Å². The van der Waals surface area contributed by atoms with Crippen molar-refractivity contribution in [3.63, 3.8) is 0 Å². The largest absolute Gasteiger partial charge is 0.497 e. The molecule has 0 amide bonds. The van der Waals surface area contributed by atoms with E-state index in [0.717, 1.165) is 10.2 Å². The van der Waals surface area contributed by atoms with Crippen LogP contribution in [0.15, 0.2) is 22.7 Å². The fraction of sp³-hybridized carbons (Fsp3) is 0.500. The highest BCUT2D eigenvalue weighted by atomic mass is 79.9. The molecular weight excluding hydrogens is 272 g/mol. The molecular formula is C12H17BrO3. The molecule has 3 nitrogen and oxygen atoms in total. The van der Waals surface area contributed by atoms with Crippen molar-refractivity contribution in [2.75, 3.05) is 13.7 Å². The van der Waals surface area contributed by atoms with E-state index < -0.39 is 5.60 Å². The van der Waals surface area contributed by atoms with Crippen LogP contribution >= 0.6 is 15.9 Å². The van der Waals surface area contributed by atoms with E-state index in [1.165, 1.54) is 0 Å². The van der Waals surface area contributed by atoms with E-state index in [-0.39, 0.29) is 6.61 Å². The van der Waals surface area contributed by atoms with Crippen LogP contribution in [0.2, 0.25) is 0 Å². The van der Waals surface area contributed by atoms with Crippen molar-refractivity contribution in [3.05, 3.63) is 22.7 Å². The Hall–Kier alpha value is -0.740. The summed E-state index contributed by atoms with van der Waals surface area (Å²) >= 11 is 3.39. The summed E-state index contributed by atoms with van der Waals surface area (Å²) in [7, 11) is 1.62. The molecule has 0 aromatic heterocycles. The first-order valence-electron chi connectivity index (χ1n) is 5.17. The molecule has 0 saturated heterocycles. The normalized spacial score (nSPS) is 14.3. The molecule has 0 heterocycles. The van der Waals surface area contributed by atoms with Gasteiger partial charge in [-0.05, 0) is 47.5 Å². The average molecular weight is 289 g/mol. The van der Waals surface area contributed by atoms with Gasteiger partial charge >= 0.3 is 0 Å². The first kappa shape index (κ1) is 13.3. The molecule has 1 aromatic carbocycles. The number of halogens is 1. The summed E-state index contributed by atoms with van der Waals surface area (Å²) in [4.78, 5) is 0. The first-order chi connectivity index (χ1) is 7.48. The van der Waals surface area contributed by atoms with E-state index in [1.54, 1.807) is 14.0 Å². The van der Waals surface area contributed by atoms with Crippen LogP contribution in [0, 0.1) is 0 Å². The Kier molecular flexibility index (Phi) is 4.62. The molecule has 1 atom stereocenters. The molecule has 1 rings (SSSR count). The second-order valence-corrected chi connectivity index (χ2v) is 4.79. The maximum Gasteiger partial charge on any atom is 0.133 e. The number of hydrogen-bond acceptors (Lipinski definition) is 3. The average Bonchev–Trinajstić information content (AvgIpc) is 2.27. The quantitative estimate of drug-likeness (QED) is 0.905. The Morgan fingerprint density at radius 3 is 2.62 bits per heavy atom. The predicted octanol–water partition coefficient (Wildman–Crippen LogP) is 3.00. The maximum absolute atomic E-state index is 9.81. The van der Waals surface area contributed by atoms with Crippen molar-refractivity contribution in [3.8, 4) is 11.5 Å². The lowest BCUT2D eigenvalue weighted by atomic mass is 10.1. The lowest BCUT2D eigenvalue weighted by molar-refractivity contribution is 0.00822. The van der Waals surface area contributed by atoms with Crippen LogP contribution in [0.25, 0.3) is 0 Å². The van der Waals surface area contributed by atoms with E-state index >= 15 is 0 Å². The third kappa shape index (κ3) is 3.68. The smallest absolute Gasteiger partial charge is 0.133 e. The number of hydrogen-bond donors (Lipinski definition) is 1. The third-order valence-electron chi connectivity index (χ3n) is 2.44. The summed E-state index contributed by atoms with van der Waals surface area (Å²) in [5, 5.41) is 9.81. The number of methoxy groups -OCH3 is 1. The van der Waals surface area contributed by atoms with E-state index in [1.807, 2.05) is 25.1 Å². The van der Waals surface area contributed by atoms with Crippen LogP contribution in [0.5, 0.6) is 11.5 Å². The van der Waals surface area contributed by atoms with Gasteiger partial charge in [-0.3, -0.25) is 0 Å². The summed E-state index contributed by atoms with van der Waals surface area (Å²) in [5.41, 5.74) is -0.792. The van der Waals surface area contributed by atoms with Crippen LogP contribution in [0.3, 0.4) is 0 Å². The van der Waals surface area contributed by atoms with Crippen molar-refractivity contribution in [2.24, 2.45) is 0 Å². The molecule has 0 aliphatic heterocycles. The SMILES string of the molecule is CCC(C)(O)COc1ccc(OC)cc1Br.